The van der Waals surface area contributed by atoms with Crippen molar-refractivity contribution < 1.29 is 26.4 Å². The van der Waals surface area contributed by atoms with Gasteiger partial charge in [-0.25, -0.2) is 18.4 Å². The van der Waals surface area contributed by atoms with E-state index in [-0.39, 0.29) is 38.6 Å². The molecule has 2 heterocycles. The number of piperazine rings is 1. The average molecular weight is 489 g/mol. The van der Waals surface area contributed by atoms with Crippen LogP contribution in [-0.4, -0.2) is 77.6 Å². The molecule has 1 aliphatic rings. The highest BCUT2D eigenvalue weighted by Gasteiger charge is 2.39. The van der Waals surface area contributed by atoms with E-state index < -0.39 is 33.9 Å². The number of hydrogen-bond donors (Lipinski definition) is 2. The van der Waals surface area contributed by atoms with Gasteiger partial charge in [0.2, 0.25) is 15.9 Å². The lowest BCUT2D eigenvalue weighted by atomic mass is 10.0. The van der Waals surface area contributed by atoms with E-state index in [0.29, 0.717) is 17.2 Å². The van der Waals surface area contributed by atoms with Gasteiger partial charge in [0, 0.05) is 31.6 Å². The van der Waals surface area contributed by atoms with Gasteiger partial charge in [-0.2, -0.15) is 17.5 Å². The summed E-state index contributed by atoms with van der Waals surface area (Å²) in [6.45, 7) is 4.38. The zero-order chi connectivity index (χ0) is 24.4. The monoisotopic (exact) mass is 488 g/mol. The van der Waals surface area contributed by atoms with Crippen molar-refractivity contribution in [2.24, 2.45) is 11.7 Å². The summed E-state index contributed by atoms with van der Waals surface area (Å²) in [5, 5.41) is 3.83. The molecule has 1 saturated heterocycles. The summed E-state index contributed by atoms with van der Waals surface area (Å²) < 4.78 is 62.5. The van der Waals surface area contributed by atoms with Crippen molar-refractivity contribution in [1.29, 1.82) is 0 Å². The number of primary amides is 1. The molecule has 0 aliphatic carbocycles. The van der Waals surface area contributed by atoms with Crippen LogP contribution in [0.1, 0.15) is 19.7 Å². The van der Waals surface area contributed by atoms with E-state index in [4.69, 9.17) is 5.73 Å². The highest BCUT2D eigenvalue weighted by atomic mass is 32.2. The molecule has 0 radical (unpaired) electrons. The Hall–Kier alpha value is -2.51. The van der Waals surface area contributed by atoms with Crippen molar-refractivity contribution in [3.63, 3.8) is 0 Å². The van der Waals surface area contributed by atoms with Crippen molar-refractivity contribution in [1.82, 2.24) is 19.2 Å². The van der Waals surface area contributed by atoms with Gasteiger partial charge in [0.25, 0.3) is 0 Å². The number of nitrogens with zero attached hydrogens (tertiary/aromatic N) is 4. The quantitative estimate of drug-likeness (QED) is 0.578. The minimum Gasteiger partial charge on any atom is -0.368 e. The van der Waals surface area contributed by atoms with Crippen LogP contribution in [0.2, 0.25) is 0 Å². The zero-order valence-electron chi connectivity index (χ0n) is 18.3. The molecule has 33 heavy (non-hydrogen) atoms. The maximum atomic E-state index is 12.6. The number of fused-ring (bicyclic) bond motifs is 1. The van der Waals surface area contributed by atoms with Gasteiger partial charge in [0.15, 0.2) is 5.75 Å². The number of nitrogens with two attached hydrogens (primary N) is 1. The molecule has 1 amide bonds. The summed E-state index contributed by atoms with van der Waals surface area (Å²) in [5.74, 6) is -1.55. The van der Waals surface area contributed by atoms with Gasteiger partial charge in [-0.1, -0.05) is 26.0 Å². The summed E-state index contributed by atoms with van der Waals surface area (Å²) in [5.41, 5.74) is 6.18. The molecule has 182 valence electrons. The molecular formula is C20H27F3N6O3S. The van der Waals surface area contributed by atoms with Crippen LogP contribution in [0, 0.1) is 5.92 Å². The van der Waals surface area contributed by atoms with E-state index >= 15 is 0 Å². The molecule has 0 bridgehead atoms. The number of nitrogens with one attached hydrogen (secondary N) is 1. The van der Waals surface area contributed by atoms with Gasteiger partial charge in [-0.3, -0.25) is 9.69 Å². The number of alkyl halides is 3. The Morgan fingerprint density at radius 2 is 1.79 bits per heavy atom. The molecule has 1 aliphatic heterocycles. The lowest BCUT2D eigenvalue weighted by Crippen LogP contribution is -2.50. The first-order valence-corrected chi connectivity index (χ1v) is 12.0. The minimum atomic E-state index is -4.78. The summed E-state index contributed by atoms with van der Waals surface area (Å²) in [7, 11) is -4.41. The topological polar surface area (TPSA) is 122 Å². The van der Waals surface area contributed by atoms with Crippen LogP contribution in [0.4, 0.5) is 19.0 Å². The molecule has 0 spiro atoms. The molecule has 1 fully saturated rings. The summed E-state index contributed by atoms with van der Waals surface area (Å²) in [4.78, 5) is 22.9. The molecule has 0 saturated carbocycles. The van der Waals surface area contributed by atoms with Crippen LogP contribution < -0.4 is 11.1 Å². The Labute approximate surface area is 190 Å². The Bertz CT molecular complexity index is 1100. The van der Waals surface area contributed by atoms with E-state index in [1.54, 1.807) is 0 Å². The van der Waals surface area contributed by atoms with E-state index in [2.05, 4.69) is 15.3 Å². The number of sulfonamides is 1. The number of rotatable bonds is 8. The largest absolute Gasteiger partial charge is 0.404 e. The Morgan fingerprint density at radius 1 is 1.15 bits per heavy atom. The van der Waals surface area contributed by atoms with Gasteiger partial charge < -0.3 is 11.1 Å². The van der Waals surface area contributed by atoms with Crippen LogP contribution >= 0.6 is 0 Å². The molecule has 3 rings (SSSR count). The van der Waals surface area contributed by atoms with Gasteiger partial charge >= 0.3 is 6.18 Å². The van der Waals surface area contributed by atoms with Crippen molar-refractivity contribution in [2.45, 2.75) is 32.6 Å². The van der Waals surface area contributed by atoms with Crippen LogP contribution in [0.15, 0.2) is 24.3 Å². The van der Waals surface area contributed by atoms with E-state index in [1.165, 1.54) is 0 Å². The minimum absolute atomic E-state index is 0.0474. The number of benzene rings is 1. The Kier molecular flexibility index (Phi) is 7.44. The number of para-hydroxylation sites is 1. The lowest BCUT2D eigenvalue weighted by molar-refractivity contribution is -0.119. The van der Waals surface area contributed by atoms with Gasteiger partial charge in [-0.05, 0) is 18.1 Å². The number of carbonyl (C=O) groups is 1. The van der Waals surface area contributed by atoms with E-state index in [1.807, 2.05) is 43.0 Å². The number of carbonyl (C=O) groups excluding carboxylic acids is 1. The SMILES string of the molecule is CC(C)[C@H](Nc1nc(CN2CCN(S(=O)(=O)CC(F)(F)F)CC2)nc2ccccc12)C(N)=O. The van der Waals surface area contributed by atoms with Crippen LogP contribution in [0.3, 0.4) is 0 Å². The molecule has 13 heteroatoms. The third-order valence-electron chi connectivity index (χ3n) is 5.35. The molecular weight excluding hydrogens is 461 g/mol. The van der Waals surface area contributed by atoms with E-state index in [0.717, 1.165) is 9.69 Å². The lowest BCUT2D eigenvalue weighted by Gasteiger charge is -2.33. The number of halogens is 3. The summed E-state index contributed by atoms with van der Waals surface area (Å²) >= 11 is 0. The molecule has 2 aromatic rings. The normalized spacial score (nSPS) is 17.4. The summed E-state index contributed by atoms with van der Waals surface area (Å²) in [6, 6.07) is 6.64. The van der Waals surface area contributed by atoms with Crippen molar-refractivity contribution >= 4 is 32.7 Å². The predicted octanol–water partition coefficient (Wildman–Crippen LogP) is 1.56. The van der Waals surface area contributed by atoms with Crippen LogP contribution in [0.25, 0.3) is 10.9 Å². The molecule has 3 N–H and O–H groups in total. The molecule has 9 nitrogen and oxygen atoms in total. The fraction of sp³-hybridized carbons (Fsp3) is 0.550. The fourth-order valence-electron chi connectivity index (χ4n) is 3.68. The first kappa shape index (κ1) is 25.1. The molecule has 1 aromatic carbocycles. The number of aromatic nitrogens is 2. The highest BCUT2D eigenvalue weighted by Crippen LogP contribution is 2.24. The number of anilines is 1. The first-order valence-electron chi connectivity index (χ1n) is 10.4. The average Bonchev–Trinajstić information content (AvgIpc) is 2.70. The van der Waals surface area contributed by atoms with Crippen molar-refractivity contribution in [3.05, 3.63) is 30.1 Å². The molecule has 1 atom stereocenters. The number of amides is 1. The van der Waals surface area contributed by atoms with Gasteiger partial charge in [0.05, 0.1) is 12.1 Å². The van der Waals surface area contributed by atoms with Gasteiger partial charge in [-0.15, -0.1) is 0 Å². The predicted molar refractivity (Wildman–Crippen MR) is 118 cm³/mol. The molecule has 1 aromatic heterocycles. The highest BCUT2D eigenvalue weighted by molar-refractivity contribution is 7.89. The second-order valence-corrected chi connectivity index (χ2v) is 10.3. The fourth-order valence-corrected chi connectivity index (χ4v) is 5.00. The van der Waals surface area contributed by atoms with Crippen molar-refractivity contribution in [2.75, 3.05) is 37.2 Å². The smallest absolute Gasteiger partial charge is 0.368 e. The van der Waals surface area contributed by atoms with Crippen molar-refractivity contribution in [3.8, 4) is 0 Å². The maximum Gasteiger partial charge on any atom is 0.404 e. The third-order valence-corrected chi connectivity index (χ3v) is 7.19. The Morgan fingerprint density at radius 3 is 2.36 bits per heavy atom. The Balaban J connectivity index is 1.76. The maximum absolute atomic E-state index is 12.6. The van der Waals surface area contributed by atoms with Crippen LogP contribution in [0.5, 0.6) is 0 Å². The first-order chi connectivity index (χ1) is 15.4. The standard InChI is InChI=1S/C20H27F3N6O3S/c1-13(2)17(18(24)30)27-19-14-5-3-4-6-15(14)25-16(26-19)11-28-7-9-29(10-8-28)33(31,32)12-20(21,22)23/h3-6,13,17H,7-12H2,1-2H3,(H2,24,30)(H,25,26,27)/t17-/m0/s1. The second kappa shape index (κ2) is 9.77. The third kappa shape index (κ3) is 6.51. The van der Waals surface area contributed by atoms with E-state index in [9.17, 15) is 26.4 Å². The van der Waals surface area contributed by atoms with Crippen LogP contribution in [-0.2, 0) is 21.4 Å². The second-order valence-electron chi connectivity index (χ2n) is 8.32. The number of hydrogen-bond acceptors (Lipinski definition) is 7. The van der Waals surface area contributed by atoms with Gasteiger partial charge in [0.1, 0.15) is 17.7 Å². The molecule has 0 unspecified atom stereocenters. The zero-order valence-corrected chi connectivity index (χ0v) is 19.2. The summed E-state index contributed by atoms with van der Waals surface area (Å²) in [6.07, 6.45) is -4.78.